The molecule has 0 amide bonds. The van der Waals surface area contributed by atoms with Gasteiger partial charge in [0.25, 0.3) is 0 Å². The van der Waals surface area contributed by atoms with Gasteiger partial charge in [-0.1, -0.05) is 176 Å². The number of rotatable bonds is 7. The Bertz CT molecular complexity index is 3010. The molecule has 11 rings (SSSR count). The SMILES string of the molecule is c1ccc(C2(c3ccccc3)c3ccccc3-c3c(-c4nc(-c5ccc(-c6cccnc6)cc5)nc(-c5ccc(-c6cc7ccccc7s6)cc5)n4)cccc32)cc1. The van der Waals surface area contributed by atoms with Crippen LogP contribution in [0.4, 0.5) is 0 Å². The Morgan fingerprint density at radius 1 is 0.397 bits per heavy atom. The lowest BCUT2D eigenvalue weighted by Gasteiger charge is -2.33. The van der Waals surface area contributed by atoms with E-state index in [1.807, 2.05) is 23.6 Å². The number of hydrogen-bond donors (Lipinski definition) is 0. The van der Waals surface area contributed by atoms with Crippen LogP contribution in [-0.4, -0.2) is 19.9 Å². The van der Waals surface area contributed by atoms with Crippen molar-refractivity contribution in [2.45, 2.75) is 5.41 Å². The van der Waals surface area contributed by atoms with Crippen LogP contribution in [0.5, 0.6) is 0 Å². The average Bonchev–Trinajstić information content (AvgIpc) is 3.88. The van der Waals surface area contributed by atoms with Crippen LogP contribution in [0.3, 0.4) is 0 Å². The highest BCUT2D eigenvalue weighted by Gasteiger charge is 2.47. The van der Waals surface area contributed by atoms with Crippen molar-refractivity contribution in [3.8, 4) is 66.9 Å². The molecule has 0 unspecified atom stereocenters. The van der Waals surface area contributed by atoms with Crippen molar-refractivity contribution in [3.05, 3.63) is 229 Å². The zero-order chi connectivity index (χ0) is 38.5. The molecule has 10 aromatic rings. The second kappa shape index (κ2) is 14.0. The average molecular weight is 759 g/mol. The summed E-state index contributed by atoms with van der Waals surface area (Å²) >= 11 is 1.81. The maximum Gasteiger partial charge on any atom is 0.164 e. The molecule has 272 valence electrons. The first-order valence-electron chi connectivity index (χ1n) is 19.5. The van der Waals surface area contributed by atoms with E-state index in [0.717, 1.165) is 33.4 Å². The number of pyridine rings is 1. The van der Waals surface area contributed by atoms with Crippen LogP contribution >= 0.6 is 11.3 Å². The minimum Gasteiger partial charge on any atom is -0.264 e. The predicted molar refractivity (Wildman–Crippen MR) is 237 cm³/mol. The Morgan fingerprint density at radius 3 is 1.64 bits per heavy atom. The second-order valence-electron chi connectivity index (χ2n) is 14.6. The number of aromatic nitrogens is 4. The van der Waals surface area contributed by atoms with Gasteiger partial charge in [0, 0.05) is 38.7 Å². The summed E-state index contributed by atoms with van der Waals surface area (Å²) in [7, 11) is 0. The van der Waals surface area contributed by atoms with Gasteiger partial charge in [-0.05, 0) is 73.7 Å². The molecule has 0 fully saturated rings. The molecule has 1 aliphatic carbocycles. The zero-order valence-electron chi connectivity index (χ0n) is 31.3. The molecule has 5 heteroatoms. The molecule has 0 N–H and O–H groups in total. The maximum atomic E-state index is 5.32. The van der Waals surface area contributed by atoms with Gasteiger partial charge in [0.15, 0.2) is 17.5 Å². The van der Waals surface area contributed by atoms with E-state index in [0.29, 0.717) is 17.5 Å². The van der Waals surface area contributed by atoms with E-state index in [2.05, 4.69) is 193 Å². The molecule has 0 aliphatic heterocycles. The van der Waals surface area contributed by atoms with Gasteiger partial charge in [-0.15, -0.1) is 11.3 Å². The van der Waals surface area contributed by atoms with E-state index in [1.54, 1.807) is 6.20 Å². The van der Waals surface area contributed by atoms with Crippen molar-refractivity contribution < 1.29 is 0 Å². The van der Waals surface area contributed by atoms with Crippen LogP contribution in [0.15, 0.2) is 207 Å². The van der Waals surface area contributed by atoms with E-state index in [9.17, 15) is 0 Å². The molecule has 3 aromatic heterocycles. The summed E-state index contributed by atoms with van der Waals surface area (Å²) in [5, 5.41) is 1.26. The van der Waals surface area contributed by atoms with E-state index in [-0.39, 0.29) is 0 Å². The minimum atomic E-state index is -0.534. The highest BCUT2D eigenvalue weighted by molar-refractivity contribution is 7.22. The number of nitrogens with zero attached hydrogens (tertiary/aromatic N) is 4. The van der Waals surface area contributed by atoms with Crippen LogP contribution in [0.2, 0.25) is 0 Å². The lowest BCUT2D eigenvalue weighted by molar-refractivity contribution is 0.768. The first kappa shape index (κ1) is 34.0. The van der Waals surface area contributed by atoms with Crippen LogP contribution in [-0.2, 0) is 5.41 Å². The van der Waals surface area contributed by atoms with Crippen LogP contribution < -0.4 is 0 Å². The van der Waals surface area contributed by atoms with Crippen molar-refractivity contribution >= 4 is 21.4 Å². The summed E-state index contributed by atoms with van der Waals surface area (Å²) in [4.78, 5) is 21.4. The smallest absolute Gasteiger partial charge is 0.164 e. The van der Waals surface area contributed by atoms with Gasteiger partial charge in [-0.2, -0.15) is 0 Å². The fourth-order valence-corrected chi connectivity index (χ4v) is 9.76. The number of thiophene rings is 1. The van der Waals surface area contributed by atoms with Gasteiger partial charge >= 0.3 is 0 Å². The molecule has 0 saturated carbocycles. The highest BCUT2D eigenvalue weighted by atomic mass is 32.1. The number of hydrogen-bond acceptors (Lipinski definition) is 5. The molecule has 0 spiro atoms. The molecular formula is C53H34N4S. The molecule has 4 nitrogen and oxygen atoms in total. The molecule has 58 heavy (non-hydrogen) atoms. The number of benzene rings is 7. The van der Waals surface area contributed by atoms with Crippen molar-refractivity contribution in [3.63, 3.8) is 0 Å². The van der Waals surface area contributed by atoms with E-state index in [4.69, 9.17) is 15.0 Å². The zero-order valence-corrected chi connectivity index (χ0v) is 32.1. The Balaban J connectivity index is 1.11. The van der Waals surface area contributed by atoms with Gasteiger partial charge in [0.1, 0.15) is 0 Å². The predicted octanol–water partition coefficient (Wildman–Crippen LogP) is 13.2. The normalized spacial score (nSPS) is 12.6. The van der Waals surface area contributed by atoms with Crippen LogP contribution in [0.1, 0.15) is 22.3 Å². The Morgan fingerprint density at radius 2 is 0.966 bits per heavy atom. The Kier molecular flexibility index (Phi) is 8.19. The summed E-state index contributed by atoms with van der Waals surface area (Å²) in [6.45, 7) is 0. The van der Waals surface area contributed by atoms with Gasteiger partial charge in [0.2, 0.25) is 0 Å². The quantitative estimate of drug-likeness (QED) is 0.162. The summed E-state index contributed by atoms with van der Waals surface area (Å²) in [6, 6.07) is 69.0. The second-order valence-corrected chi connectivity index (χ2v) is 15.7. The summed E-state index contributed by atoms with van der Waals surface area (Å²) in [5.41, 5.74) is 12.8. The molecule has 3 heterocycles. The van der Waals surface area contributed by atoms with E-state index < -0.39 is 5.41 Å². The topological polar surface area (TPSA) is 51.6 Å². The van der Waals surface area contributed by atoms with Crippen molar-refractivity contribution in [1.82, 2.24) is 19.9 Å². The summed E-state index contributed by atoms with van der Waals surface area (Å²) in [5.74, 6) is 1.88. The van der Waals surface area contributed by atoms with Crippen LogP contribution in [0.25, 0.3) is 76.9 Å². The lowest BCUT2D eigenvalue weighted by atomic mass is 9.67. The third-order valence-corrected chi connectivity index (χ3v) is 12.5. The largest absolute Gasteiger partial charge is 0.264 e. The third-order valence-electron chi connectivity index (χ3n) is 11.3. The van der Waals surface area contributed by atoms with Crippen molar-refractivity contribution in [2.24, 2.45) is 0 Å². The standard InChI is InChI=1S/C53H34N4S/c1-3-15-41(16-4-1)53(42-17-5-2-6-18-42)45-21-9-8-19-43(45)49-44(20-11-22-46(49)53)52-56-50(37-28-24-35(25-29-37)40-14-12-32-54-34-40)55-51(57-52)38-30-26-36(27-31-38)48-33-39-13-7-10-23-47(39)58-48/h1-34H. The van der Waals surface area contributed by atoms with Crippen LogP contribution in [0, 0.1) is 0 Å². The van der Waals surface area contributed by atoms with Gasteiger partial charge < -0.3 is 0 Å². The Labute approximate surface area is 340 Å². The molecule has 1 aliphatic rings. The monoisotopic (exact) mass is 758 g/mol. The minimum absolute atomic E-state index is 0.534. The van der Waals surface area contributed by atoms with Crippen molar-refractivity contribution in [1.29, 1.82) is 0 Å². The first-order valence-corrected chi connectivity index (χ1v) is 20.3. The van der Waals surface area contributed by atoms with E-state index in [1.165, 1.54) is 48.3 Å². The highest BCUT2D eigenvalue weighted by Crippen LogP contribution is 2.58. The summed E-state index contributed by atoms with van der Waals surface area (Å²) < 4.78 is 1.28. The number of fused-ring (bicyclic) bond motifs is 4. The molecule has 0 saturated heterocycles. The third kappa shape index (κ3) is 5.59. The molecule has 0 bridgehead atoms. The van der Waals surface area contributed by atoms with Gasteiger partial charge in [-0.3, -0.25) is 4.98 Å². The fourth-order valence-electron chi connectivity index (χ4n) is 8.69. The first-order chi connectivity index (χ1) is 28.7. The van der Waals surface area contributed by atoms with Gasteiger partial charge in [-0.25, -0.2) is 15.0 Å². The molecule has 0 radical (unpaired) electrons. The Hall–Kier alpha value is -7.34. The van der Waals surface area contributed by atoms with E-state index >= 15 is 0 Å². The lowest BCUT2D eigenvalue weighted by Crippen LogP contribution is -2.28. The van der Waals surface area contributed by atoms with Gasteiger partial charge in [0.05, 0.1) is 5.41 Å². The fraction of sp³-hybridized carbons (Fsp3) is 0.0189. The molecule has 7 aromatic carbocycles. The van der Waals surface area contributed by atoms with Crippen molar-refractivity contribution in [2.75, 3.05) is 0 Å². The maximum absolute atomic E-state index is 5.32. The molecular weight excluding hydrogens is 725 g/mol. The molecule has 0 atom stereocenters. The summed E-state index contributed by atoms with van der Waals surface area (Å²) in [6.07, 6.45) is 3.68.